The van der Waals surface area contributed by atoms with Gasteiger partial charge < -0.3 is 15.0 Å². The highest BCUT2D eigenvalue weighted by Gasteiger charge is 2.25. The van der Waals surface area contributed by atoms with Crippen LogP contribution in [0.4, 0.5) is 0 Å². The molecule has 2 amide bonds. The first-order chi connectivity index (χ1) is 12.3. The average Bonchev–Trinajstić information content (AvgIpc) is 2.67. The van der Waals surface area contributed by atoms with Crippen molar-refractivity contribution >= 4 is 21.8 Å². The van der Waals surface area contributed by atoms with E-state index in [0.29, 0.717) is 30.8 Å². The molecule has 0 saturated carbocycles. The van der Waals surface area contributed by atoms with E-state index in [4.69, 9.17) is 9.57 Å². The van der Waals surface area contributed by atoms with Gasteiger partial charge in [-0.1, -0.05) is 10.5 Å². The molecule has 1 atom stereocenters. The van der Waals surface area contributed by atoms with E-state index in [1.807, 2.05) is 0 Å². The van der Waals surface area contributed by atoms with Gasteiger partial charge in [0, 0.05) is 25.7 Å². The predicted octanol–water partition coefficient (Wildman–Crippen LogP) is -0.154. The maximum Gasteiger partial charge on any atom is 0.264 e. The SMILES string of the molecule is CON(C)S(=O)(=O)c1cccc(C(=O)NC(C)C(=O)N2CCOCC2)c1. The monoisotopic (exact) mass is 385 g/mol. The van der Waals surface area contributed by atoms with Crippen molar-refractivity contribution in [1.29, 1.82) is 0 Å². The summed E-state index contributed by atoms with van der Waals surface area (Å²) in [4.78, 5) is 31.0. The smallest absolute Gasteiger partial charge is 0.264 e. The van der Waals surface area contributed by atoms with E-state index in [1.165, 1.54) is 38.4 Å². The second-order valence-corrected chi connectivity index (χ2v) is 7.69. The number of hydroxylamine groups is 1. The Balaban J connectivity index is 2.10. The minimum atomic E-state index is -3.86. The van der Waals surface area contributed by atoms with Gasteiger partial charge in [0.15, 0.2) is 0 Å². The Morgan fingerprint density at radius 3 is 2.58 bits per heavy atom. The van der Waals surface area contributed by atoms with Gasteiger partial charge in [0.05, 0.1) is 25.2 Å². The molecule has 1 N–H and O–H groups in total. The summed E-state index contributed by atoms with van der Waals surface area (Å²) in [6, 6.07) is 4.81. The van der Waals surface area contributed by atoms with Crippen LogP contribution in [0.2, 0.25) is 0 Å². The van der Waals surface area contributed by atoms with Crippen LogP contribution < -0.4 is 5.32 Å². The molecule has 9 nitrogen and oxygen atoms in total. The molecule has 144 valence electrons. The third-order valence-electron chi connectivity index (χ3n) is 4.03. The molecule has 0 spiro atoms. The minimum Gasteiger partial charge on any atom is -0.378 e. The molecule has 1 unspecified atom stereocenters. The third-order valence-corrected chi connectivity index (χ3v) is 5.71. The summed E-state index contributed by atoms with van der Waals surface area (Å²) in [6.07, 6.45) is 0. The molecule has 0 aliphatic carbocycles. The van der Waals surface area contributed by atoms with E-state index in [0.717, 1.165) is 0 Å². The van der Waals surface area contributed by atoms with Gasteiger partial charge in [0.1, 0.15) is 6.04 Å². The number of sulfonamides is 1. The summed E-state index contributed by atoms with van der Waals surface area (Å²) < 4.78 is 30.4. The number of ether oxygens (including phenoxy) is 1. The van der Waals surface area contributed by atoms with E-state index in [1.54, 1.807) is 11.8 Å². The highest BCUT2D eigenvalue weighted by atomic mass is 32.2. The number of morpholine rings is 1. The van der Waals surface area contributed by atoms with E-state index in [-0.39, 0.29) is 16.4 Å². The number of hydrogen-bond donors (Lipinski definition) is 1. The fourth-order valence-corrected chi connectivity index (χ4v) is 3.46. The lowest BCUT2D eigenvalue weighted by Crippen LogP contribution is -2.50. The summed E-state index contributed by atoms with van der Waals surface area (Å²) >= 11 is 0. The van der Waals surface area contributed by atoms with Crippen molar-refractivity contribution in [2.75, 3.05) is 40.5 Å². The van der Waals surface area contributed by atoms with Crippen LogP contribution in [0.3, 0.4) is 0 Å². The molecule has 2 rings (SSSR count). The fourth-order valence-electron chi connectivity index (χ4n) is 2.44. The second kappa shape index (κ2) is 8.58. The predicted molar refractivity (Wildman–Crippen MR) is 92.7 cm³/mol. The summed E-state index contributed by atoms with van der Waals surface area (Å²) in [5.74, 6) is -0.735. The zero-order valence-corrected chi connectivity index (χ0v) is 15.8. The number of amides is 2. The lowest BCUT2D eigenvalue weighted by Gasteiger charge is -2.29. The molecule has 26 heavy (non-hydrogen) atoms. The van der Waals surface area contributed by atoms with Crippen LogP contribution in [-0.2, 0) is 24.4 Å². The highest BCUT2D eigenvalue weighted by Crippen LogP contribution is 2.16. The molecular weight excluding hydrogens is 362 g/mol. The number of carbonyl (C=O) groups is 2. The molecule has 1 heterocycles. The molecule has 0 bridgehead atoms. The molecular formula is C16H23N3O6S. The number of nitrogens with zero attached hydrogens (tertiary/aromatic N) is 2. The molecule has 0 aromatic heterocycles. The van der Waals surface area contributed by atoms with E-state index in [9.17, 15) is 18.0 Å². The number of carbonyl (C=O) groups excluding carboxylic acids is 2. The van der Waals surface area contributed by atoms with Crippen LogP contribution in [0.15, 0.2) is 29.2 Å². The van der Waals surface area contributed by atoms with Crippen LogP contribution in [0.5, 0.6) is 0 Å². The molecule has 1 aromatic carbocycles. The fraction of sp³-hybridized carbons (Fsp3) is 0.500. The highest BCUT2D eigenvalue weighted by molar-refractivity contribution is 7.89. The minimum absolute atomic E-state index is 0.0818. The molecule has 1 saturated heterocycles. The van der Waals surface area contributed by atoms with Gasteiger partial charge in [-0.3, -0.25) is 14.4 Å². The van der Waals surface area contributed by atoms with Gasteiger partial charge in [-0.15, -0.1) is 0 Å². The van der Waals surface area contributed by atoms with Crippen LogP contribution in [0.1, 0.15) is 17.3 Å². The average molecular weight is 385 g/mol. The first-order valence-electron chi connectivity index (χ1n) is 8.08. The van der Waals surface area contributed by atoms with Crippen molar-refractivity contribution in [2.45, 2.75) is 17.9 Å². The molecule has 1 aromatic rings. The zero-order valence-electron chi connectivity index (χ0n) is 15.0. The normalized spacial score (nSPS) is 16.4. The van der Waals surface area contributed by atoms with Gasteiger partial charge >= 0.3 is 0 Å². The van der Waals surface area contributed by atoms with E-state index < -0.39 is 22.0 Å². The van der Waals surface area contributed by atoms with Crippen molar-refractivity contribution in [3.8, 4) is 0 Å². The molecule has 1 fully saturated rings. The second-order valence-electron chi connectivity index (χ2n) is 5.76. The first kappa shape index (κ1) is 20.3. The van der Waals surface area contributed by atoms with E-state index >= 15 is 0 Å². The molecule has 10 heteroatoms. The van der Waals surface area contributed by atoms with Crippen LogP contribution in [-0.4, -0.2) is 76.1 Å². The number of hydrogen-bond acceptors (Lipinski definition) is 6. The number of nitrogens with one attached hydrogen (secondary N) is 1. The Morgan fingerprint density at radius 1 is 1.31 bits per heavy atom. The summed E-state index contributed by atoms with van der Waals surface area (Å²) in [7, 11) is -1.38. The van der Waals surface area contributed by atoms with Crippen LogP contribution >= 0.6 is 0 Å². The lowest BCUT2D eigenvalue weighted by atomic mass is 10.2. The quantitative estimate of drug-likeness (QED) is 0.683. The van der Waals surface area contributed by atoms with Crippen molar-refractivity contribution in [2.24, 2.45) is 0 Å². The molecule has 0 radical (unpaired) electrons. The summed E-state index contributed by atoms with van der Waals surface area (Å²) in [6.45, 7) is 3.50. The molecule has 1 aliphatic rings. The Morgan fingerprint density at radius 2 is 1.96 bits per heavy atom. The molecule has 1 aliphatic heterocycles. The Bertz CT molecular complexity index is 761. The van der Waals surface area contributed by atoms with Crippen molar-refractivity contribution in [3.63, 3.8) is 0 Å². The maximum absolute atomic E-state index is 12.4. The van der Waals surface area contributed by atoms with Crippen molar-refractivity contribution in [3.05, 3.63) is 29.8 Å². The van der Waals surface area contributed by atoms with Gasteiger partial charge in [-0.05, 0) is 25.1 Å². The van der Waals surface area contributed by atoms with Gasteiger partial charge in [-0.25, -0.2) is 8.42 Å². The summed E-state index contributed by atoms with van der Waals surface area (Å²) in [5.41, 5.74) is 0.136. The summed E-state index contributed by atoms with van der Waals surface area (Å²) in [5, 5.41) is 2.60. The zero-order chi connectivity index (χ0) is 19.3. The standard InChI is InChI=1S/C16H23N3O6S/c1-12(16(21)19-7-9-25-10-8-19)17-15(20)13-5-4-6-14(11-13)26(22,23)18(2)24-3/h4-6,11-12H,7-10H2,1-3H3,(H,17,20). The van der Waals surface area contributed by atoms with Crippen molar-refractivity contribution in [1.82, 2.24) is 14.7 Å². The van der Waals surface area contributed by atoms with Gasteiger partial charge in [-0.2, -0.15) is 0 Å². The number of benzene rings is 1. The Kier molecular flexibility index (Phi) is 6.70. The first-order valence-corrected chi connectivity index (χ1v) is 9.52. The van der Waals surface area contributed by atoms with Crippen LogP contribution in [0.25, 0.3) is 0 Å². The number of rotatable bonds is 6. The van der Waals surface area contributed by atoms with Gasteiger partial charge in [0.25, 0.3) is 15.9 Å². The van der Waals surface area contributed by atoms with Crippen molar-refractivity contribution < 1.29 is 27.6 Å². The topological polar surface area (TPSA) is 105 Å². The van der Waals surface area contributed by atoms with E-state index in [2.05, 4.69) is 5.32 Å². The Hall–Kier alpha value is -2.01. The largest absolute Gasteiger partial charge is 0.378 e. The maximum atomic E-state index is 12.4. The van der Waals surface area contributed by atoms with Gasteiger partial charge in [0.2, 0.25) is 5.91 Å². The Labute approximate surface area is 152 Å². The van der Waals surface area contributed by atoms with Crippen LogP contribution in [0, 0.1) is 0 Å². The third kappa shape index (κ3) is 4.58. The lowest BCUT2D eigenvalue weighted by molar-refractivity contribution is -0.136.